The van der Waals surface area contributed by atoms with Gasteiger partial charge in [0.05, 0.1) is 24.3 Å². The molecule has 40 heavy (non-hydrogen) atoms. The molecule has 1 aliphatic carbocycles. The van der Waals surface area contributed by atoms with Crippen LogP contribution in [-0.2, 0) is 24.1 Å². The number of carbonyl (C=O) groups excluding carboxylic acids is 1. The monoisotopic (exact) mass is 546 g/mol. The standard InChI is InChI=1S/C32H42N4O4/c1-21-13-24(40-36-21)16-29(38)35-26(15-22-9-6-5-7-10-22)28(37)20-33-27-18-32(11-8-12-32)39-30-25(27)14-23(19-34-30)17-31(2,3)4/h5-7,9-10,13-14,19,26-28,33,37H,8,11-12,15-18,20H2,1-4H3,(H,35,38)/t26-,27-,28+/m0/s1. The van der Waals surface area contributed by atoms with Gasteiger partial charge in [-0.15, -0.1) is 0 Å². The summed E-state index contributed by atoms with van der Waals surface area (Å²) in [7, 11) is 0. The Balaban J connectivity index is 1.31. The molecule has 1 aliphatic heterocycles. The van der Waals surface area contributed by atoms with Gasteiger partial charge in [-0.2, -0.15) is 0 Å². The molecule has 3 heterocycles. The molecule has 2 aliphatic rings. The maximum atomic E-state index is 12.9. The molecule has 1 amide bonds. The Morgan fingerprint density at radius 3 is 2.60 bits per heavy atom. The summed E-state index contributed by atoms with van der Waals surface area (Å²) < 4.78 is 11.7. The van der Waals surface area contributed by atoms with Crippen LogP contribution in [0.3, 0.4) is 0 Å². The van der Waals surface area contributed by atoms with Crippen molar-refractivity contribution in [3.05, 3.63) is 76.8 Å². The molecular weight excluding hydrogens is 504 g/mol. The number of benzene rings is 1. The molecule has 2 aromatic heterocycles. The number of carbonyl (C=O) groups is 1. The number of amides is 1. The molecule has 8 nitrogen and oxygen atoms in total. The number of aliphatic hydroxyl groups is 1. The molecule has 3 atom stereocenters. The van der Waals surface area contributed by atoms with E-state index in [-0.39, 0.29) is 29.4 Å². The van der Waals surface area contributed by atoms with Crippen LogP contribution < -0.4 is 15.4 Å². The van der Waals surface area contributed by atoms with Crippen LogP contribution in [0.4, 0.5) is 0 Å². The summed E-state index contributed by atoms with van der Waals surface area (Å²) in [6.45, 7) is 8.82. The molecule has 1 aromatic carbocycles. The Hall–Kier alpha value is -3.23. The minimum atomic E-state index is -0.810. The van der Waals surface area contributed by atoms with E-state index in [1.54, 1.807) is 6.07 Å². The molecule has 3 N–H and O–H groups in total. The third-order valence-electron chi connectivity index (χ3n) is 7.89. The van der Waals surface area contributed by atoms with E-state index in [4.69, 9.17) is 14.2 Å². The minimum absolute atomic E-state index is 0.0105. The number of aromatic nitrogens is 2. The number of nitrogens with one attached hydrogen (secondary N) is 2. The van der Waals surface area contributed by atoms with Crippen LogP contribution in [0.1, 0.15) is 80.6 Å². The first kappa shape index (κ1) is 28.3. The van der Waals surface area contributed by atoms with E-state index in [9.17, 15) is 9.90 Å². The molecule has 1 saturated carbocycles. The van der Waals surface area contributed by atoms with Gasteiger partial charge in [-0.1, -0.05) is 56.3 Å². The van der Waals surface area contributed by atoms with Gasteiger partial charge >= 0.3 is 0 Å². The van der Waals surface area contributed by atoms with Crippen molar-refractivity contribution in [3.8, 4) is 5.88 Å². The minimum Gasteiger partial charge on any atom is -0.471 e. The highest BCUT2D eigenvalue weighted by Gasteiger charge is 2.46. The lowest BCUT2D eigenvalue weighted by atomic mass is 9.73. The predicted molar refractivity (Wildman–Crippen MR) is 153 cm³/mol. The number of nitrogens with zero attached hydrogens (tertiary/aromatic N) is 2. The van der Waals surface area contributed by atoms with E-state index in [0.717, 1.165) is 48.9 Å². The predicted octanol–water partition coefficient (Wildman–Crippen LogP) is 4.63. The number of fused-ring (bicyclic) bond motifs is 1. The second-order valence-corrected chi connectivity index (χ2v) is 12.8. The fraction of sp³-hybridized carbons (Fsp3) is 0.531. The fourth-order valence-corrected chi connectivity index (χ4v) is 5.82. The molecule has 0 saturated heterocycles. The topological polar surface area (TPSA) is 110 Å². The van der Waals surface area contributed by atoms with E-state index in [1.807, 2.05) is 43.5 Å². The van der Waals surface area contributed by atoms with Crippen LogP contribution >= 0.6 is 0 Å². The third kappa shape index (κ3) is 7.09. The third-order valence-corrected chi connectivity index (χ3v) is 7.89. The summed E-state index contributed by atoms with van der Waals surface area (Å²) in [4.78, 5) is 17.7. The maximum absolute atomic E-state index is 12.9. The van der Waals surface area contributed by atoms with Crippen LogP contribution in [0.25, 0.3) is 0 Å². The average Bonchev–Trinajstić information content (AvgIpc) is 3.29. The Bertz CT molecular complexity index is 1300. The lowest BCUT2D eigenvalue weighted by molar-refractivity contribution is -0.122. The van der Waals surface area contributed by atoms with E-state index >= 15 is 0 Å². The zero-order chi connectivity index (χ0) is 28.3. The molecular formula is C32H42N4O4. The van der Waals surface area contributed by atoms with Crippen LogP contribution in [-0.4, -0.2) is 45.4 Å². The molecule has 0 bridgehead atoms. The van der Waals surface area contributed by atoms with Gasteiger partial charge in [0, 0.05) is 36.8 Å². The van der Waals surface area contributed by atoms with E-state index < -0.39 is 12.1 Å². The Morgan fingerprint density at radius 1 is 1.18 bits per heavy atom. The second kappa shape index (κ2) is 11.7. The van der Waals surface area contributed by atoms with Crippen LogP contribution in [0.5, 0.6) is 5.88 Å². The molecule has 0 radical (unpaired) electrons. The average molecular weight is 547 g/mol. The number of aliphatic hydroxyl groups excluding tert-OH is 1. The van der Waals surface area contributed by atoms with Gasteiger partial charge in [-0.05, 0) is 61.6 Å². The fourth-order valence-electron chi connectivity index (χ4n) is 5.82. The first-order chi connectivity index (χ1) is 19.1. The molecule has 214 valence electrons. The Morgan fingerprint density at radius 2 is 1.95 bits per heavy atom. The van der Waals surface area contributed by atoms with E-state index in [2.05, 4.69) is 42.6 Å². The van der Waals surface area contributed by atoms with Crippen molar-refractivity contribution in [1.29, 1.82) is 0 Å². The summed E-state index contributed by atoms with van der Waals surface area (Å²) in [5, 5.41) is 22.0. The lowest BCUT2D eigenvalue weighted by Gasteiger charge is -2.47. The number of hydrogen-bond acceptors (Lipinski definition) is 7. The van der Waals surface area contributed by atoms with Crippen molar-refractivity contribution in [2.24, 2.45) is 5.41 Å². The molecule has 1 fully saturated rings. The molecule has 1 spiro atoms. The summed E-state index contributed by atoms with van der Waals surface area (Å²) in [5.74, 6) is 0.994. The largest absolute Gasteiger partial charge is 0.471 e. The summed E-state index contributed by atoms with van der Waals surface area (Å²) in [6.07, 6.45) is 6.67. The Kier molecular flexibility index (Phi) is 8.29. The second-order valence-electron chi connectivity index (χ2n) is 12.8. The SMILES string of the molecule is Cc1cc(CC(=O)N[C@@H](Cc2ccccc2)[C@H](O)CN[C@H]2CC3(CCC3)Oc3ncc(CC(C)(C)C)cc32)on1. The molecule has 0 unspecified atom stereocenters. The van der Waals surface area contributed by atoms with Crippen molar-refractivity contribution in [2.45, 2.75) is 96.4 Å². The maximum Gasteiger partial charge on any atom is 0.228 e. The lowest BCUT2D eigenvalue weighted by Crippen LogP contribution is -2.52. The summed E-state index contributed by atoms with van der Waals surface area (Å²) in [5.41, 5.74) is 3.98. The Labute approximate surface area is 236 Å². The molecule has 8 heteroatoms. The van der Waals surface area contributed by atoms with Crippen LogP contribution in [0, 0.1) is 12.3 Å². The first-order valence-corrected chi connectivity index (χ1v) is 14.4. The highest BCUT2D eigenvalue weighted by atomic mass is 16.5. The highest BCUT2D eigenvalue weighted by Crippen LogP contribution is 2.48. The van der Waals surface area contributed by atoms with Crippen molar-refractivity contribution in [3.63, 3.8) is 0 Å². The van der Waals surface area contributed by atoms with Crippen molar-refractivity contribution < 1.29 is 19.2 Å². The van der Waals surface area contributed by atoms with Gasteiger partial charge in [0.25, 0.3) is 0 Å². The summed E-state index contributed by atoms with van der Waals surface area (Å²) >= 11 is 0. The quantitative estimate of drug-likeness (QED) is 0.340. The van der Waals surface area contributed by atoms with Gasteiger partial charge in [-0.25, -0.2) is 4.98 Å². The zero-order valence-corrected chi connectivity index (χ0v) is 24.1. The van der Waals surface area contributed by atoms with Gasteiger partial charge in [-0.3, -0.25) is 4.79 Å². The number of rotatable bonds is 10. The normalized spacial score (nSPS) is 19.3. The van der Waals surface area contributed by atoms with Crippen molar-refractivity contribution >= 4 is 5.91 Å². The number of hydrogen-bond donors (Lipinski definition) is 3. The van der Waals surface area contributed by atoms with Gasteiger partial charge in [0.15, 0.2) is 0 Å². The van der Waals surface area contributed by atoms with E-state index in [0.29, 0.717) is 24.6 Å². The smallest absolute Gasteiger partial charge is 0.228 e. The van der Waals surface area contributed by atoms with Gasteiger partial charge in [0.2, 0.25) is 11.8 Å². The van der Waals surface area contributed by atoms with Gasteiger partial charge < -0.3 is 25.0 Å². The zero-order valence-electron chi connectivity index (χ0n) is 24.1. The van der Waals surface area contributed by atoms with Crippen molar-refractivity contribution in [1.82, 2.24) is 20.8 Å². The number of pyridine rings is 1. The molecule has 3 aromatic rings. The van der Waals surface area contributed by atoms with Crippen LogP contribution in [0.2, 0.25) is 0 Å². The first-order valence-electron chi connectivity index (χ1n) is 14.4. The van der Waals surface area contributed by atoms with E-state index in [1.165, 1.54) is 5.56 Å². The highest BCUT2D eigenvalue weighted by molar-refractivity contribution is 5.78. The summed E-state index contributed by atoms with van der Waals surface area (Å²) in [6, 6.07) is 13.4. The van der Waals surface area contributed by atoms with Gasteiger partial charge in [0.1, 0.15) is 11.4 Å². The molecule has 5 rings (SSSR count). The number of ether oxygens (including phenoxy) is 1. The van der Waals surface area contributed by atoms with Crippen LogP contribution in [0.15, 0.2) is 53.2 Å². The number of aryl methyl sites for hydroxylation is 1. The van der Waals surface area contributed by atoms with Crippen molar-refractivity contribution in [2.75, 3.05) is 6.54 Å².